The Balaban J connectivity index is 1.98. The van der Waals surface area contributed by atoms with Crippen molar-refractivity contribution in [1.29, 1.82) is 0 Å². The van der Waals surface area contributed by atoms with Crippen LogP contribution < -0.4 is 10.5 Å². The number of nitrogens with zero attached hydrogens (tertiary/aromatic N) is 2. The lowest BCUT2D eigenvalue weighted by Gasteiger charge is -2.12. The molecule has 0 aliphatic rings. The van der Waals surface area contributed by atoms with Crippen LogP contribution in [-0.4, -0.2) is 21.6 Å². The second-order valence-electron chi connectivity index (χ2n) is 4.76. The number of hydrogen-bond donors (Lipinski definition) is 1. The van der Waals surface area contributed by atoms with Crippen LogP contribution in [0.1, 0.15) is 6.92 Å². The van der Waals surface area contributed by atoms with E-state index in [0.29, 0.717) is 5.75 Å². The standard InChI is InChI=1S/C16H15N3O2/c1-11(16(17)20)21-13-6-4-5-12(9-13)19-10-18-14-7-2-3-8-15(14)19/h2-11H,1H3,(H2,17,20). The molecule has 1 unspecified atom stereocenters. The van der Waals surface area contributed by atoms with E-state index < -0.39 is 12.0 Å². The smallest absolute Gasteiger partial charge is 0.258 e. The van der Waals surface area contributed by atoms with Gasteiger partial charge in [-0.2, -0.15) is 0 Å². The minimum Gasteiger partial charge on any atom is -0.481 e. The zero-order valence-electron chi connectivity index (χ0n) is 11.6. The minimum atomic E-state index is -0.667. The largest absolute Gasteiger partial charge is 0.481 e. The topological polar surface area (TPSA) is 70.1 Å². The second-order valence-corrected chi connectivity index (χ2v) is 4.76. The molecule has 1 atom stereocenters. The Morgan fingerprint density at radius 1 is 1.24 bits per heavy atom. The fourth-order valence-corrected chi connectivity index (χ4v) is 2.13. The molecule has 0 aliphatic carbocycles. The summed E-state index contributed by atoms with van der Waals surface area (Å²) >= 11 is 0. The maximum absolute atomic E-state index is 11.1. The molecule has 5 heteroatoms. The number of nitrogens with two attached hydrogens (primary N) is 1. The Hall–Kier alpha value is -2.82. The quantitative estimate of drug-likeness (QED) is 0.797. The van der Waals surface area contributed by atoms with E-state index >= 15 is 0 Å². The summed E-state index contributed by atoms with van der Waals surface area (Å²) in [7, 11) is 0. The summed E-state index contributed by atoms with van der Waals surface area (Å²) in [5, 5.41) is 0. The summed E-state index contributed by atoms with van der Waals surface area (Å²) in [6.45, 7) is 1.63. The molecular formula is C16H15N3O2. The summed E-state index contributed by atoms with van der Waals surface area (Å²) in [5.41, 5.74) is 8.06. The van der Waals surface area contributed by atoms with Gasteiger partial charge in [0.05, 0.1) is 16.7 Å². The third-order valence-corrected chi connectivity index (χ3v) is 3.26. The first-order valence-corrected chi connectivity index (χ1v) is 6.63. The lowest BCUT2D eigenvalue weighted by Crippen LogP contribution is -2.30. The van der Waals surface area contributed by atoms with Gasteiger partial charge in [0.15, 0.2) is 6.10 Å². The van der Waals surface area contributed by atoms with Gasteiger partial charge in [0.2, 0.25) is 0 Å². The van der Waals surface area contributed by atoms with Crippen molar-refractivity contribution >= 4 is 16.9 Å². The first-order valence-electron chi connectivity index (χ1n) is 6.63. The van der Waals surface area contributed by atoms with Gasteiger partial charge in [-0.3, -0.25) is 9.36 Å². The maximum Gasteiger partial charge on any atom is 0.258 e. The average Bonchev–Trinajstić information content (AvgIpc) is 2.91. The zero-order chi connectivity index (χ0) is 14.8. The van der Waals surface area contributed by atoms with Crippen LogP contribution in [0, 0.1) is 0 Å². The minimum absolute atomic E-state index is 0.492. The highest BCUT2D eigenvalue weighted by Gasteiger charge is 2.11. The molecule has 3 aromatic rings. The predicted octanol–water partition coefficient (Wildman–Crippen LogP) is 2.28. The molecule has 106 valence electrons. The van der Waals surface area contributed by atoms with E-state index in [-0.39, 0.29) is 0 Å². The number of fused-ring (bicyclic) bond motifs is 1. The lowest BCUT2D eigenvalue weighted by atomic mass is 10.2. The number of para-hydroxylation sites is 2. The first-order chi connectivity index (χ1) is 10.1. The van der Waals surface area contributed by atoms with Gasteiger partial charge in [-0.25, -0.2) is 4.98 Å². The van der Waals surface area contributed by atoms with Crippen molar-refractivity contribution in [3.63, 3.8) is 0 Å². The van der Waals surface area contributed by atoms with Crippen LogP contribution in [0.15, 0.2) is 54.9 Å². The third kappa shape index (κ3) is 2.58. The molecule has 21 heavy (non-hydrogen) atoms. The van der Waals surface area contributed by atoms with Crippen LogP contribution >= 0.6 is 0 Å². The molecule has 5 nitrogen and oxygen atoms in total. The van der Waals surface area contributed by atoms with E-state index in [1.54, 1.807) is 19.3 Å². The Morgan fingerprint density at radius 2 is 2.05 bits per heavy atom. The van der Waals surface area contributed by atoms with Crippen LogP contribution in [0.4, 0.5) is 0 Å². The number of hydrogen-bond acceptors (Lipinski definition) is 3. The highest BCUT2D eigenvalue weighted by Crippen LogP contribution is 2.22. The molecule has 3 rings (SSSR count). The molecule has 2 N–H and O–H groups in total. The van der Waals surface area contributed by atoms with Crippen LogP contribution in [-0.2, 0) is 4.79 Å². The van der Waals surface area contributed by atoms with Crippen LogP contribution in [0.2, 0.25) is 0 Å². The van der Waals surface area contributed by atoms with Gasteiger partial charge in [-0.15, -0.1) is 0 Å². The van der Waals surface area contributed by atoms with Crippen LogP contribution in [0.25, 0.3) is 16.7 Å². The molecule has 1 amide bonds. The number of carbonyl (C=O) groups excluding carboxylic acids is 1. The lowest BCUT2D eigenvalue weighted by molar-refractivity contribution is -0.123. The van der Waals surface area contributed by atoms with Crippen molar-refractivity contribution in [2.45, 2.75) is 13.0 Å². The molecule has 0 radical (unpaired) electrons. The molecule has 0 spiro atoms. The predicted molar refractivity (Wildman–Crippen MR) is 80.4 cm³/mol. The normalized spacial score (nSPS) is 12.2. The number of benzene rings is 2. The summed E-state index contributed by atoms with van der Waals surface area (Å²) in [6.07, 6.45) is 1.10. The van der Waals surface area contributed by atoms with Crippen molar-refractivity contribution < 1.29 is 9.53 Å². The van der Waals surface area contributed by atoms with Gasteiger partial charge in [0.25, 0.3) is 5.91 Å². The molecule has 0 saturated carbocycles. The third-order valence-electron chi connectivity index (χ3n) is 3.26. The van der Waals surface area contributed by atoms with E-state index in [4.69, 9.17) is 10.5 Å². The van der Waals surface area contributed by atoms with Gasteiger partial charge >= 0.3 is 0 Å². The van der Waals surface area contributed by atoms with Gasteiger partial charge < -0.3 is 10.5 Å². The molecular weight excluding hydrogens is 266 g/mol. The van der Waals surface area contributed by atoms with Crippen molar-refractivity contribution in [3.8, 4) is 11.4 Å². The Labute approximate surface area is 122 Å². The number of aromatic nitrogens is 2. The number of amides is 1. The van der Waals surface area contributed by atoms with E-state index in [1.165, 1.54) is 0 Å². The molecule has 0 saturated heterocycles. The first kappa shape index (κ1) is 13.2. The molecule has 0 aliphatic heterocycles. The van der Waals surface area contributed by atoms with Crippen molar-refractivity contribution in [3.05, 3.63) is 54.9 Å². The van der Waals surface area contributed by atoms with E-state index in [1.807, 2.05) is 47.0 Å². The summed E-state index contributed by atoms with van der Waals surface area (Å²) in [5.74, 6) is 0.102. The highest BCUT2D eigenvalue weighted by molar-refractivity contribution is 5.79. The fraction of sp³-hybridized carbons (Fsp3) is 0.125. The number of rotatable bonds is 4. The molecule has 0 bridgehead atoms. The fourth-order valence-electron chi connectivity index (χ4n) is 2.13. The Bertz CT molecular complexity index is 795. The number of imidazole rings is 1. The molecule has 0 fully saturated rings. The maximum atomic E-state index is 11.1. The Kier molecular flexibility index (Phi) is 3.31. The van der Waals surface area contributed by atoms with Crippen molar-refractivity contribution in [2.24, 2.45) is 5.73 Å². The van der Waals surface area contributed by atoms with Gasteiger partial charge in [0, 0.05) is 6.07 Å². The van der Waals surface area contributed by atoms with Crippen LogP contribution in [0.3, 0.4) is 0 Å². The monoisotopic (exact) mass is 281 g/mol. The van der Waals surface area contributed by atoms with Crippen molar-refractivity contribution in [1.82, 2.24) is 9.55 Å². The summed E-state index contributed by atoms with van der Waals surface area (Å²) in [6, 6.07) is 15.4. The summed E-state index contributed by atoms with van der Waals surface area (Å²) < 4.78 is 7.49. The van der Waals surface area contributed by atoms with Gasteiger partial charge in [-0.05, 0) is 31.2 Å². The number of carbonyl (C=O) groups is 1. The van der Waals surface area contributed by atoms with Gasteiger partial charge in [0.1, 0.15) is 12.1 Å². The SMILES string of the molecule is CC(Oc1cccc(-n2cnc3ccccc32)c1)C(N)=O. The summed E-state index contributed by atoms with van der Waals surface area (Å²) in [4.78, 5) is 15.4. The molecule has 1 aromatic heterocycles. The van der Waals surface area contributed by atoms with E-state index in [9.17, 15) is 4.79 Å². The van der Waals surface area contributed by atoms with E-state index in [2.05, 4.69) is 4.98 Å². The zero-order valence-corrected chi connectivity index (χ0v) is 11.6. The number of primary amides is 1. The van der Waals surface area contributed by atoms with Crippen molar-refractivity contribution in [2.75, 3.05) is 0 Å². The highest BCUT2D eigenvalue weighted by atomic mass is 16.5. The Morgan fingerprint density at radius 3 is 2.86 bits per heavy atom. The number of ether oxygens (including phenoxy) is 1. The second kappa shape index (κ2) is 5.28. The van der Waals surface area contributed by atoms with Crippen LogP contribution in [0.5, 0.6) is 5.75 Å². The molecule has 2 aromatic carbocycles. The van der Waals surface area contributed by atoms with E-state index in [0.717, 1.165) is 16.7 Å². The molecule has 1 heterocycles. The average molecular weight is 281 g/mol. The van der Waals surface area contributed by atoms with Gasteiger partial charge in [-0.1, -0.05) is 18.2 Å².